The van der Waals surface area contributed by atoms with Gasteiger partial charge in [-0.2, -0.15) is 0 Å². The van der Waals surface area contributed by atoms with Crippen LogP contribution < -0.4 is 0 Å². The van der Waals surface area contributed by atoms with E-state index in [0.29, 0.717) is 25.0 Å². The van der Waals surface area contributed by atoms with Crippen molar-refractivity contribution < 1.29 is 43.2 Å². The van der Waals surface area contributed by atoms with Crippen LogP contribution >= 0.6 is 0 Å². The molecular weight excluding hydrogens is 552 g/mol. The van der Waals surface area contributed by atoms with Crippen molar-refractivity contribution in [1.29, 1.82) is 0 Å². The maximum Gasteiger partial charge on any atom is 0.333 e. The third kappa shape index (κ3) is 3.83. The molecule has 1 aliphatic heterocycles. The molecule has 4 aliphatic carbocycles. The van der Waals surface area contributed by atoms with Gasteiger partial charge < -0.3 is 33.6 Å². The minimum atomic E-state index is -0.930. The van der Waals surface area contributed by atoms with Crippen molar-refractivity contribution >= 4 is 11.9 Å². The summed E-state index contributed by atoms with van der Waals surface area (Å²) in [7, 11) is 1.70. The van der Waals surface area contributed by atoms with Crippen molar-refractivity contribution in [3.05, 3.63) is 47.5 Å². The molecule has 2 N–H and O–H groups in total. The van der Waals surface area contributed by atoms with Gasteiger partial charge >= 0.3 is 11.9 Å². The van der Waals surface area contributed by atoms with E-state index in [-0.39, 0.29) is 23.9 Å². The number of allylic oxidation sites excluding steroid dienone is 1. The molecule has 1 saturated heterocycles. The van der Waals surface area contributed by atoms with Crippen LogP contribution in [0.1, 0.15) is 72.8 Å². The Morgan fingerprint density at radius 1 is 1.02 bits per heavy atom. The number of hydrogen-bond donors (Lipinski definition) is 2. The number of aliphatic hydroxyl groups is 2. The highest BCUT2D eigenvalue weighted by molar-refractivity contribution is 5.87. The van der Waals surface area contributed by atoms with Crippen molar-refractivity contribution in [2.75, 3.05) is 13.7 Å². The predicted octanol–water partition coefficient (Wildman–Crippen LogP) is 4.33. The maximum absolute atomic E-state index is 13.4. The van der Waals surface area contributed by atoms with Crippen LogP contribution in [0.2, 0.25) is 0 Å². The van der Waals surface area contributed by atoms with E-state index >= 15 is 0 Å². The molecule has 3 saturated carbocycles. The number of ether oxygens (including phenoxy) is 4. The van der Waals surface area contributed by atoms with E-state index < -0.39 is 64.1 Å². The number of carbonyl (C=O) groups excluding carboxylic acids is 2. The Morgan fingerprint density at radius 3 is 2.35 bits per heavy atom. The lowest BCUT2D eigenvalue weighted by atomic mass is 9.36. The normalized spacial score (nSPS) is 48.6. The summed E-state index contributed by atoms with van der Waals surface area (Å²) in [5, 5.41) is 24.1. The standard InChI is InChI=1S/C34H46O9/c1-9-17(2)30(38)43-25-14-23(42-18(3)35)31(4)16-41-27-28(31)34(25,7)22-13-24(39-8)33(6)21(32(22,5)29(27)37)12-20(36)26(33)19-10-11-40-15-19/h9-12,15,20,22-29,36-37H,13-14,16H2,1-8H3/b17-9+/t20-,22+,23-,24+,25+,26-,27-,28+,29-,31-,32+,33+,34+/m1/s1. The molecule has 0 bridgehead atoms. The molecule has 0 spiro atoms. The van der Waals surface area contributed by atoms with Gasteiger partial charge in [-0.25, -0.2) is 4.79 Å². The Morgan fingerprint density at radius 2 is 1.74 bits per heavy atom. The van der Waals surface area contributed by atoms with Crippen LogP contribution in [0.4, 0.5) is 0 Å². The van der Waals surface area contributed by atoms with Gasteiger partial charge in [0.05, 0.1) is 43.5 Å². The minimum Gasteiger partial charge on any atom is -0.472 e. The van der Waals surface area contributed by atoms with Gasteiger partial charge in [0, 0.05) is 59.5 Å². The van der Waals surface area contributed by atoms with Gasteiger partial charge in [0.15, 0.2) is 0 Å². The molecule has 43 heavy (non-hydrogen) atoms. The van der Waals surface area contributed by atoms with Gasteiger partial charge in [0.25, 0.3) is 0 Å². The van der Waals surface area contributed by atoms with E-state index in [0.717, 1.165) is 11.1 Å². The fourth-order valence-electron chi connectivity index (χ4n) is 10.7. The van der Waals surface area contributed by atoms with Gasteiger partial charge in [-0.1, -0.05) is 45.4 Å². The van der Waals surface area contributed by atoms with Crippen LogP contribution in [0.5, 0.6) is 0 Å². The fourth-order valence-corrected chi connectivity index (χ4v) is 10.7. The highest BCUT2D eigenvalue weighted by atomic mass is 16.6. The summed E-state index contributed by atoms with van der Waals surface area (Å²) >= 11 is 0. The molecule has 236 valence electrons. The topological polar surface area (TPSA) is 125 Å². The highest BCUT2D eigenvalue weighted by Gasteiger charge is 2.78. The molecule has 5 aliphatic rings. The van der Waals surface area contributed by atoms with Crippen molar-refractivity contribution in [2.45, 2.75) is 104 Å². The summed E-state index contributed by atoms with van der Waals surface area (Å²) in [6.45, 7) is 13.6. The van der Waals surface area contributed by atoms with Crippen LogP contribution in [0.25, 0.3) is 0 Å². The first-order valence-corrected chi connectivity index (χ1v) is 15.5. The molecule has 9 heteroatoms. The van der Waals surface area contributed by atoms with Crippen molar-refractivity contribution in [2.24, 2.45) is 33.5 Å². The SMILES string of the molecule is C/C=C(\C)C(=O)O[C@H]1C[C@@H](OC(C)=O)[C@@]2(C)CO[C@H]3[C@@H](O)[C@@]4(C)C5=C[C@@H](O)[C@@H](c6ccoc6)[C@]5(C)[C@@H](OC)C[C@@H]4[C@]1(C)[C@@H]32. The highest BCUT2D eigenvalue weighted by Crippen LogP contribution is 2.75. The number of carbonyl (C=O) groups is 2. The molecule has 0 unspecified atom stereocenters. The van der Waals surface area contributed by atoms with E-state index in [1.807, 2.05) is 12.1 Å². The smallest absolute Gasteiger partial charge is 0.333 e. The molecule has 0 aromatic carbocycles. The summed E-state index contributed by atoms with van der Waals surface area (Å²) in [6.07, 6.45) is 3.95. The summed E-state index contributed by atoms with van der Waals surface area (Å²) in [6, 6.07) is 1.88. The Bertz CT molecular complexity index is 1350. The molecule has 13 atom stereocenters. The molecule has 4 fully saturated rings. The van der Waals surface area contributed by atoms with Crippen LogP contribution in [0.15, 0.2) is 46.3 Å². The van der Waals surface area contributed by atoms with Gasteiger partial charge in [0.2, 0.25) is 0 Å². The zero-order chi connectivity index (χ0) is 31.3. The molecule has 2 heterocycles. The Kier molecular flexibility index (Phi) is 7.13. The number of rotatable bonds is 5. The molecule has 9 nitrogen and oxygen atoms in total. The zero-order valence-corrected chi connectivity index (χ0v) is 26.5. The van der Waals surface area contributed by atoms with Gasteiger partial charge in [-0.05, 0) is 37.8 Å². The van der Waals surface area contributed by atoms with Crippen LogP contribution in [0, 0.1) is 33.5 Å². The Hall–Kier alpha value is -2.46. The van der Waals surface area contributed by atoms with Gasteiger partial charge in [-0.15, -0.1) is 0 Å². The summed E-state index contributed by atoms with van der Waals surface area (Å²) in [5.74, 6) is -1.66. The average molecular weight is 599 g/mol. The first-order valence-electron chi connectivity index (χ1n) is 15.5. The van der Waals surface area contributed by atoms with Crippen molar-refractivity contribution in [3.8, 4) is 0 Å². The lowest BCUT2D eigenvalue weighted by Gasteiger charge is -2.70. The molecule has 1 aromatic rings. The van der Waals surface area contributed by atoms with Crippen LogP contribution in [-0.4, -0.2) is 72.5 Å². The van der Waals surface area contributed by atoms with Gasteiger partial charge in [-0.3, -0.25) is 4.79 Å². The average Bonchev–Trinajstić information content (AvgIpc) is 3.67. The molecule has 0 amide bonds. The fraction of sp³-hybridized carbons (Fsp3) is 0.706. The number of aliphatic hydroxyl groups excluding tert-OH is 2. The third-order valence-corrected chi connectivity index (χ3v) is 12.7. The second-order valence-electron chi connectivity index (χ2n) is 14.5. The predicted molar refractivity (Wildman–Crippen MR) is 156 cm³/mol. The van der Waals surface area contributed by atoms with E-state index in [9.17, 15) is 19.8 Å². The lowest BCUT2D eigenvalue weighted by Crippen LogP contribution is -2.74. The summed E-state index contributed by atoms with van der Waals surface area (Å²) < 4.78 is 30.6. The van der Waals surface area contributed by atoms with E-state index in [1.165, 1.54) is 6.92 Å². The lowest BCUT2D eigenvalue weighted by molar-refractivity contribution is -0.271. The molecule has 0 radical (unpaired) electrons. The molecule has 6 rings (SSSR count). The molecular formula is C34H46O9. The minimum absolute atomic E-state index is 0.223. The monoisotopic (exact) mass is 598 g/mol. The van der Waals surface area contributed by atoms with Crippen molar-refractivity contribution in [1.82, 2.24) is 0 Å². The van der Waals surface area contributed by atoms with E-state index in [2.05, 4.69) is 27.7 Å². The Labute approximate surface area is 253 Å². The first kappa shape index (κ1) is 30.6. The summed E-state index contributed by atoms with van der Waals surface area (Å²) in [5.41, 5.74) is -0.505. The summed E-state index contributed by atoms with van der Waals surface area (Å²) in [4.78, 5) is 25.7. The van der Waals surface area contributed by atoms with Gasteiger partial charge in [0.1, 0.15) is 12.2 Å². The number of methoxy groups -OCH3 is 1. The van der Waals surface area contributed by atoms with E-state index in [4.69, 9.17) is 23.4 Å². The maximum atomic E-state index is 13.4. The second kappa shape index (κ2) is 10.0. The van der Waals surface area contributed by atoms with Crippen molar-refractivity contribution in [3.63, 3.8) is 0 Å². The Balaban J connectivity index is 1.54. The van der Waals surface area contributed by atoms with E-state index in [1.54, 1.807) is 39.6 Å². The number of furan rings is 1. The molecule has 1 aromatic heterocycles. The van der Waals surface area contributed by atoms with Crippen LogP contribution in [-0.2, 0) is 28.5 Å². The number of fused-ring (bicyclic) bond motifs is 4. The third-order valence-electron chi connectivity index (χ3n) is 12.7. The zero-order valence-electron chi connectivity index (χ0n) is 26.5. The number of esters is 2. The first-order chi connectivity index (χ1) is 20.2. The quantitative estimate of drug-likeness (QED) is 0.290. The van der Waals surface area contributed by atoms with Crippen LogP contribution in [0.3, 0.4) is 0 Å². The largest absolute Gasteiger partial charge is 0.472 e. The second-order valence-corrected chi connectivity index (χ2v) is 14.5. The number of hydrogen-bond acceptors (Lipinski definition) is 9.